The number of hydrogen-bond acceptors (Lipinski definition) is 1. The molecule has 1 rings (SSSR count). The molecule has 0 saturated heterocycles. The molecule has 0 nitrogen and oxygen atoms in total. The van der Waals surface area contributed by atoms with Crippen LogP contribution in [0, 0.1) is 5.92 Å². The number of benzene rings is 1. The molecule has 13 heavy (non-hydrogen) atoms. The van der Waals surface area contributed by atoms with Crippen molar-refractivity contribution in [2.45, 2.75) is 32.6 Å². The monoisotopic (exact) mass is 196 g/mol. The molecule has 0 amide bonds. The molecular weight excluding hydrogens is 176 g/mol. The van der Waals surface area contributed by atoms with Crippen LogP contribution in [0.2, 0.25) is 0 Å². The van der Waals surface area contributed by atoms with Crippen LogP contribution in [-0.2, 0) is 0 Å². The molecule has 0 radical (unpaired) electrons. The van der Waals surface area contributed by atoms with Crippen molar-refractivity contribution in [3.8, 4) is 0 Å². The van der Waals surface area contributed by atoms with Gasteiger partial charge in [-0.2, -0.15) is 0 Å². The van der Waals surface area contributed by atoms with E-state index in [1.807, 2.05) is 25.6 Å². The Balaban J connectivity index is 0.000000671. The Morgan fingerprint density at radius 1 is 1.08 bits per heavy atom. The maximum absolute atomic E-state index is 2.25. The molecule has 0 N–H and O–H groups in total. The highest BCUT2D eigenvalue weighted by Crippen LogP contribution is 2.19. The number of thioether (sulfide) groups is 1. The molecule has 0 unspecified atom stereocenters. The standard InChI is InChI=1S/C10H14S.C2H6/c1-9(2)8-11-10-6-4-3-5-7-10;1-2/h3-7,9H,8H2,1-2H3;1-2H3. The molecular formula is C12H20S. The first-order valence-electron chi connectivity index (χ1n) is 4.97. The molecule has 74 valence electrons. The van der Waals surface area contributed by atoms with Gasteiger partial charge in [0.15, 0.2) is 0 Å². The molecule has 1 aromatic rings. The van der Waals surface area contributed by atoms with E-state index in [9.17, 15) is 0 Å². The van der Waals surface area contributed by atoms with Crippen LogP contribution in [0.3, 0.4) is 0 Å². The molecule has 1 aromatic carbocycles. The van der Waals surface area contributed by atoms with Gasteiger partial charge in [0.2, 0.25) is 0 Å². The lowest BCUT2D eigenvalue weighted by Crippen LogP contribution is -1.89. The molecule has 0 fully saturated rings. The molecule has 1 heteroatoms. The summed E-state index contributed by atoms with van der Waals surface area (Å²) in [4.78, 5) is 1.38. The second kappa shape index (κ2) is 8.18. The summed E-state index contributed by atoms with van der Waals surface area (Å²) in [6, 6.07) is 10.5. The van der Waals surface area contributed by atoms with Crippen LogP contribution in [0.25, 0.3) is 0 Å². The maximum atomic E-state index is 2.25. The summed E-state index contributed by atoms with van der Waals surface area (Å²) < 4.78 is 0. The van der Waals surface area contributed by atoms with E-state index in [4.69, 9.17) is 0 Å². The second-order valence-electron chi connectivity index (χ2n) is 3.02. The van der Waals surface area contributed by atoms with E-state index in [1.54, 1.807) is 0 Å². The van der Waals surface area contributed by atoms with Crippen molar-refractivity contribution >= 4 is 11.8 Å². The van der Waals surface area contributed by atoms with Crippen molar-refractivity contribution in [2.24, 2.45) is 5.92 Å². The fourth-order valence-electron chi connectivity index (χ4n) is 0.780. The minimum absolute atomic E-state index is 0.778. The summed E-state index contributed by atoms with van der Waals surface area (Å²) in [5, 5.41) is 0. The molecule has 0 aliphatic heterocycles. The Labute approximate surface area is 86.7 Å². The average molecular weight is 196 g/mol. The third kappa shape index (κ3) is 6.71. The van der Waals surface area contributed by atoms with Crippen molar-refractivity contribution in [1.29, 1.82) is 0 Å². The van der Waals surface area contributed by atoms with E-state index in [0.717, 1.165) is 5.92 Å². The first-order valence-corrected chi connectivity index (χ1v) is 5.95. The minimum atomic E-state index is 0.778. The summed E-state index contributed by atoms with van der Waals surface area (Å²) in [7, 11) is 0. The summed E-state index contributed by atoms with van der Waals surface area (Å²) in [6.45, 7) is 8.49. The zero-order valence-electron chi connectivity index (χ0n) is 9.08. The molecule has 0 spiro atoms. The molecule has 0 aliphatic rings. The van der Waals surface area contributed by atoms with Gasteiger partial charge in [0.05, 0.1) is 0 Å². The highest BCUT2D eigenvalue weighted by Gasteiger charge is 1.94. The molecule has 0 atom stereocenters. The van der Waals surface area contributed by atoms with Gasteiger partial charge in [0.1, 0.15) is 0 Å². The van der Waals surface area contributed by atoms with Gasteiger partial charge in [0, 0.05) is 10.6 Å². The third-order valence-electron chi connectivity index (χ3n) is 1.33. The zero-order valence-corrected chi connectivity index (χ0v) is 9.90. The van der Waals surface area contributed by atoms with Gasteiger partial charge < -0.3 is 0 Å². The lowest BCUT2D eigenvalue weighted by atomic mass is 10.3. The van der Waals surface area contributed by atoms with Crippen molar-refractivity contribution in [1.82, 2.24) is 0 Å². The van der Waals surface area contributed by atoms with Gasteiger partial charge in [-0.15, -0.1) is 11.8 Å². The SMILES string of the molecule is CC.CC(C)CSc1ccccc1. The van der Waals surface area contributed by atoms with Crippen LogP contribution in [0.1, 0.15) is 27.7 Å². The predicted molar refractivity (Wildman–Crippen MR) is 63.4 cm³/mol. The van der Waals surface area contributed by atoms with Gasteiger partial charge in [-0.25, -0.2) is 0 Å². The van der Waals surface area contributed by atoms with Gasteiger partial charge in [-0.1, -0.05) is 45.9 Å². The van der Waals surface area contributed by atoms with Crippen molar-refractivity contribution in [2.75, 3.05) is 5.75 Å². The lowest BCUT2D eigenvalue weighted by molar-refractivity contribution is 0.750. The fraction of sp³-hybridized carbons (Fsp3) is 0.500. The Morgan fingerprint density at radius 3 is 2.08 bits per heavy atom. The van der Waals surface area contributed by atoms with E-state index in [1.165, 1.54) is 10.6 Å². The van der Waals surface area contributed by atoms with Crippen LogP contribution in [-0.4, -0.2) is 5.75 Å². The van der Waals surface area contributed by atoms with Gasteiger partial charge >= 0.3 is 0 Å². The van der Waals surface area contributed by atoms with Crippen molar-refractivity contribution < 1.29 is 0 Å². The van der Waals surface area contributed by atoms with E-state index < -0.39 is 0 Å². The summed E-state index contributed by atoms with van der Waals surface area (Å²) >= 11 is 1.93. The summed E-state index contributed by atoms with van der Waals surface area (Å²) in [5.41, 5.74) is 0. The zero-order chi connectivity index (χ0) is 10.1. The van der Waals surface area contributed by atoms with E-state index in [-0.39, 0.29) is 0 Å². The Hall–Kier alpha value is -0.430. The average Bonchev–Trinajstić information content (AvgIpc) is 2.19. The van der Waals surface area contributed by atoms with Gasteiger partial charge in [-0.3, -0.25) is 0 Å². The Morgan fingerprint density at radius 2 is 1.62 bits per heavy atom. The molecule has 0 aromatic heterocycles. The van der Waals surface area contributed by atoms with Crippen molar-refractivity contribution in [3.63, 3.8) is 0 Å². The van der Waals surface area contributed by atoms with Crippen LogP contribution < -0.4 is 0 Å². The van der Waals surface area contributed by atoms with Crippen LogP contribution in [0.5, 0.6) is 0 Å². The Kier molecular flexibility index (Phi) is 7.91. The number of rotatable bonds is 3. The number of hydrogen-bond donors (Lipinski definition) is 0. The summed E-state index contributed by atoms with van der Waals surface area (Å²) in [6.07, 6.45) is 0. The molecule has 0 aliphatic carbocycles. The first kappa shape index (κ1) is 12.6. The normalized spacial score (nSPS) is 9.31. The highest BCUT2D eigenvalue weighted by molar-refractivity contribution is 7.99. The topological polar surface area (TPSA) is 0 Å². The lowest BCUT2D eigenvalue weighted by Gasteiger charge is -2.02. The van der Waals surface area contributed by atoms with Gasteiger partial charge in [-0.05, 0) is 18.1 Å². The molecule has 0 bridgehead atoms. The molecule has 0 saturated carbocycles. The van der Waals surface area contributed by atoms with E-state index in [2.05, 4.69) is 44.2 Å². The van der Waals surface area contributed by atoms with E-state index in [0.29, 0.717) is 0 Å². The van der Waals surface area contributed by atoms with E-state index >= 15 is 0 Å². The second-order valence-corrected chi connectivity index (χ2v) is 4.11. The summed E-state index contributed by atoms with van der Waals surface area (Å²) in [5.74, 6) is 1.99. The van der Waals surface area contributed by atoms with Crippen LogP contribution in [0.15, 0.2) is 35.2 Å². The minimum Gasteiger partial charge on any atom is -0.126 e. The smallest absolute Gasteiger partial charge is 0.00720 e. The highest BCUT2D eigenvalue weighted by atomic mass is 32.2. The fourth-order valence-corrected chi connectivity index (χ4v) is 1.65. The molecule has 0 heterocycles. The van der Waals surface area contributed by atoms with Crippen molar-refractivity contribution in [3.05, 3.63) is 30.3 Å². The quantitative estimate of drug-likeness (QED) is 0.643. The van der Waals surface area contributed by atoms with Crippen LogP contribution in [0.4, 0.5) is 0 Å². The third-order valence-corrected chi connectivity index (χ3v) is 2.77. The largest absolute Gasteiger partial charge is 0.126 e. The Bertz CT molecular complexity index is 192. The predicted octanol–water partition coefficient (Wildman–Crippen LogP) is 4.46. The van der Waals surface area contributed by atoms with Crippen LogP contribution >= 0.6 is 11.8 Å². The van der Waals surface area contributed by atoms with Gasteiger partial charge in [0.25, 0.3) is 0 Å². The maximum Gasteiger partial charge on any atom is 0.00720 e. The first-order chi connectivity index (χ1) is 6.29.